The van der Waals surface area contributed by atoms with Gasteiger partial charge in [-0.3, -0.25) is 9.59 Å². The van der Waals surface area contributed by atoms with Gasteiger partial charge in [0.1, 0.15) is 11.0 Å². The van der Waals surface area contributed by atoms with Gasteiger partial charge in [0.15, 0.2) is 5.17 Å². The van der Waals surface area contributed by atoms with Gasteiger partial charge in [0, 0.05) is 0 Å². The highest BCUT2D eigenvalue weighted by molar-refractivity contribution is 8.15. The molecule has 1 heterocycles. The first-order valence-corrected chi connectivity index (χ1v) is 9.48. The quantitative estimate of drug-likeness (QED) is 0.327. The molecule has 9 heteroatoms. The van der Waals surface area contributed by atoms with Crippen LogP contribution in [0.5, 0.6) is 5.75 Å². The number of hydrogen-bond donors (Lipinski definition) is 2. The SMILES string of the molecule is Cc1ccc(C(=O)Oc2cccc(/C=N/N=C3\NC(=O)C(CC(=O)O)S3)c2)cc1. The third-order valence-electron chi connectivity index (χ3n) is 3.85. The fraction of sp³-hybridized carbons (Fsp3) is 0.150. The number of thioether (sulfide) groups is 1. The molecule has 0 aromatic heterocycles. The molecule has 0 saturated carbocycles. The molecule has 2 N–H and O–H groups in total. The van der Waals surface area contributed by atoms with Crippen LogP contribution in [0.4, 0.5) is 0 Å². The van der Waals surface area contributed by atoms with Gasteiger partial charge in [-0.05, 0) is 36.8 Å². The van der Waals surface area contributed by atoms with Crippen molar-refractivity contribution in [3.63, 3.8) is 0 Å². The van der Waals surface area contributed by atoms with Crippen molar-refractivity contribution in [2.24, 2.45) is 10.2 Å². The average molecular weight is 411 g/mol. The molecule has 1 atom stereocenters. The standard InChI is InChI=1S/C20H17N3O5S/c1-12-5-7-14(8-6-12)19(27)28-15-4-2-3-13(9-15)11-21-23-20-22-18(26)16(29-20)10-17(24)25/h2-9,11,16H,10H2,1H3,(H,24,25)(H,22,23,26)/b21-11+. The van der Waals surface area contributed by atoms with Crippen LogP contribution in [0, 0.1) is 6.92 Å². The van der Waals surface area contributed by atoms with Crippen LogP contribution in [0.1, 0.15) is 27.9 Å². The summed E-state index contributed by atoms with van der Waals surface area (Å²) in [6, 6.07) is 13.8. The summed E-state index contributed by atoms with van der Waals surface area (Å²) in [4.78, 5) is 34.6. The van der Waals surface area contributed by atoms with Crippen LogP contribution in [0.25, 0.3) is 0 Å². The Kier molecular flexibility index (Phi) is 6.40. The van der Waals surface area contributed by atoms with Crippen LogP contribution in [0.2, 0.25) is 0 Å². The van der Waals surface area contributed by atoms with E-state index in [-0.39, 0.29) is 11.6 Å². The number of amidine groups is 1. The highest BCUT2D eigenvalue weighted by Crippen LogP contribution is 2.22. The maximum absolute atomic E-state index is 12.2. The Balaban J connectivity index is 1.62. The van der Waals surface area contributed by atoms with Crippen LogP contribution in [0.15, 0.2) is 58.7 Å². The Morgan fingerprint density at radius 3 is 2.72 bits per heavy atom. The number of carboxylic acids is 1. The van der Waals surface area contributed by atoms with Gasteiger partial charge < -0.3 is 15.2 Å². The normalized spacial score (nSPS) is 17.5. The number of carbonyl (C=O) groups excluding carboxylic acids is 2. The highest BCUT2D eigenvalue weighted by atomic mass is 32.2. The van der Waals surface area contributed by atoms with Crippen molar-refractivity contribution in [3.05, 3.63) is 65.2 Å². The fourth-order valence-corrected chi connectivity index (χ4v) is 3.32. The number of nitrogens with zero attached hydrogens (tertiary/aromatic N) is 2. The first kappa shape index (κ1) is 20.3. The average Bonchev–Trinajstić information content (AvgIpc) is 3.01. The van der Waals surface area contributed by atoms with Crippen molar-refractivity contribution < 1.29 is 24.2 Å². The molecule has 0 spiro atoms. The molecule has 1 fully saturated rings. The second-order valence-electron chi connectivity index (χ2n) is 6.17. The molecule has 1 saturated heterocycles. The molecule has 0 radical (unpaired) electrons. The van der Waals surface area contributed by atoms with E-state index in [1.165, 1.54) is 6.21 Å². The van der Waals surface area contributed by atoms with Gasteiger partial charge in [-0.15, -0.1) is 5.10 Å². The molecule has 2 aromatic rings. The number of aliphatic carboxylic acids is 1. The van der Waals surface area contributed by atoms with Gasteiger partial charge in [-0.25, -0.2) is 4.79 Å². The number of carbonyl (C=O) groups is 3. The van der Waals surface area contributed by atoms with E-state index in [9.17, 15) is 14.4 Å². The van der Waals surface area contributed by atoms with E-state index in [0.717, 1.165) is 17.3 Å². The second-order valence-corrected chi connectivity index (χ2v) is 7.36. The summed E-state index contributed by atoms with van der Waals surface area (Å²) < 4.78 is 5.37. The van der Waals surface area contributed by atoms with Crippen LogP contribution < -0.4 is 10.1 Å². The summed E-state index contributed by atoms with van der Waals surface area (Å²) in [5.41, 5.74) is 2.14. The third-order valence-corrected chi connectivity index (χ3v) is 4.92. The Hall–Kier alpha value is -3.46. The van der Waals surface area contributed by atoms with E-state index in [2.05, 4.69) is 15.5 Å². The van der Waals surface area contributed by atoms with Crippen molar-refractivity contribution in [2.75, 3.05) is 0 Å². The zero-order chi connectivity index (χ0) is 20.8. The minimum absolute atomic E-state index is 0.236. The van der Waals surface area contributed by atoms with Crippen LogP contribution in [0.3, 0.4) is 0 Å². The number of carboxylic acid groups (broad SMARTS) is 1. The largest absolute Gasteiger partial charge is 0.481 e. The number of esters is 1. The zero-order valence-corrected chi connectivity index (χ0v) is 16.2. The molecule has 2 aromatic carbocycles. The predicted molar refractivity (Wildman–Crippen MR) is 109 cm³/mol. The van der Waals surface area contributed by atoms with Gasteiger partial charge in [-0.1, -0.05) is 41.6 Å². The summed E-state index contributed by atoms with van der Waals surface area (Å²) >= 11 is 1.02. The van der Waals surface area contributed by atoms with Crippen molar-refractivity contribution in [1.29, 1.82) is 0 Å². The van der Waals surface area contributed by atoms with Gasteiger partial charge in [-0.2, -0.15) is 5.10 Å². The summed E-state index contributed by atoms with van der Waals surface area (Å²) in [6.07, 6.45) is 1.15. The van der Waals surface area contributed by atoms with Gasteiger partial charge in [0.2, 0.25) is 5.91 Å². The molecule has 0 bridgehead atoms. The maximum atomic E-state index is 12.2. The minimum Gasteiger partial charge on any atom is -0.481 e. The summed E-state index contributed by atoms with van der Waals surface area (Å²) in [5.74, 6) is -1.57. The number of hydrogen-bond acceptors (Lipinski definition) is 7. The molecule has 3 rings (SSSR count). The number of nitrogens with one attached hydrogen (secondary N) is 1. The summed E-state index contributed by atoms with van der Waals surface area (Å²) in [5, 5.41) is 18.6. The minimum atomic E-state index is -1.06. The molecule has 148 valence electrons. The number of ether oxygens (including phenoxy) is 1. The Bertz CT molecular complexity index is 1000. The molecule has 1 unspecified atom stereocenters. The first-order valence-electron chi connectivity index (χ1n) is 8.60. The van der Waals surface area contributed by atoms with E-state index in [4.69, 9.17) is 9.84 Å². The lowest BCUT2D eigenvalue weighted by atomic mass is 10.1. The monoisotopic (exact) mass is 411 g/mol. The van der Waals surface area contributed by atoms with E-state index >= 15 is 0 Å². The second kappa shape index (κ2) is 9.16. The van der Waals surface area contributed by atoms with Crippen molar-refractivity contribution in [3.8, 4) is 5.75 Å². The summed E-state index contributed by atoms with van der Waals surface area (Å²) in [7, 11) is 0. The van der Waals surface area contributed by atoms with Crippen LogP contribution in [-0.4, -0.2) is 39.6 Å². The lowest BCUT2D eigenvalue weighted by molar-refractivity contribution is -0.138. The third kappa shape index (κ3) is 5.76. The Morgan fingerprint density at radius 1 is 1.24 bits per heavy atom. The Labute approximate surface area is 170 Å². The smallest absolute Gasteiger partial charge is 0.343 e. The van der Waals surface area contributed by atoms with Crippen molar-refractivity contribution in [1.82, 2.24) is 5.32 Å². The molecule has 1 aliphatic heterocycles. The van der Waals surface area contributed by atoms with Gasteiger partial charge in [0.25, 0.3) is 0 Å². The Morgan fingerprint density at radius 2 is 2.00 bits per heavy atom. The van der Waals surface area contributed by atoms with Crippen molar-refractivity contribution >= 4 is 41.0 Å². The zero-order valence-electron chi connectivity index (χ0n) is 15.4. The molecular formula is C20H17N3O5S. The van der Waals surface area contributed by atoms with E-state index in [0.29, 0.717) is 16.9 Å². The molecule has 1 aliphatic rings. The number of benzene rings is 2. The lowest BCUT2D eigenvalue weighted by Gasteiger charge is -2.05. The highest BCUT2D eigenvalue weighted by Gasteiger charge is 2.32. The van der Waals surface area contributed by atoms with Gasteiger partial charge in [0.05, 0.1) is 18.2 Å². The molecule has 29 heavy (non-hydrogen) atoms. The number of amides is 1. The predicted octanol–water partition coefficient (Wildman–Crippen LogP) is 2.61. The van der Waals surface area contributed by atoms with Gasteiger partial charge >= 0.3 is 11.9 Å². The molecule has 0 aliphatic carbocycles. The molecular weight excluding hydrogens is 394 g/mol. The van der Waals surface area contributed by atoms with Crippen LogP contribution in [-0.2, 0) is 9.59 Å². The molecule has 1 amide bonds. The van der Waals surface area contributed by atoms with E-state index in [1.54, 1.807) is 36.4 Å². The number of aryl methyl sites for hydroxylation is 1. The van der Waals surface area contributed by atoms with E-state index in [1.807, 2.05) is 19.1 Å². The van der Waals surface area contributed by atoms with E-state index < -0.39 is 23.1 Å². The first-order chi connectivity index (χ1) is 13.9. The maximum Gasteiger partial charge on any atom is 0.343 e. The topological polar surface area (TPSA) is 117 Å². The molecule has 8 nitrogen and oxygen atoms in total. The number of rotatable bonds is 6. The van der Waals surface area contributed by atoms with Crippen molar-refractivity contribution in [2.45, 2.75) is 18.6 Å². The van der Waals surface area contributed by atoms with Crippen LogP contribution >= 0.6 is 11.8 Å². The lowest BCUT2D eigenvalue weighted by Crippen LogP contribution is -2.26. The fourth-order valence-electron chi connectivity index (χ4n) is 2.41. The summed E-state index contributed by atoms with van der Waals surface area (Å²) in [6.45, 7) is 1.93.